The Morgan fingerprint density at radius 1 is 1.24 bits per heavy atom. The summed E-state index contributed by atoms with van der Waals surface area (Å²) in [6.07, 6.45) is 0.931. The summed E-state index contributed by atoms with van der Waals surface area (Å²) in [6, 6.07) is 12.0. The van der Waals surface area contributed by atoms with Crippen LogP contribution in [0.15, 0.2) is 52.2 Å². The fourth-order valence-electron chi connectivity index (χ4n) is 3.03. The van der Waals surface area contributed by atoms with Gasteiger partial charge in [-0.3, -0.25) is 0 Å². The fourth-order valence-corrected chi connectivity index (χ4v) is 4.91. The van der Waals surface area contributed by atoms with Crippen molar-refractivity contribution >= 4 is 33.7 Å². The van der Waals surface area contributed by atoms with Gasteiger partial charge in [0.15, 0.2) is 0 Å². The topological polar surface area (TPSA) is 57.1 Å². The molecule has 1 heterocycles. The predicted octanol–water partition coefficient (Wildman–Crippen LogP) is 4.16. The maximum atomic E-state index is 13.4. The van der Waals surface area contributed by atoms with Gasteiger partial charge in [-0.1, -0.05) is 11.6 Å². The highest BCUT2D eigenvalue weighted by Gasteiger charge is 2.21. The first kappa shape index (κ1) is 21.8. The van der Waals surface area contributed by atoms with E-state index >= 15 is 0 Å². The van der Waals surface area contributed by atoms with Crippen LogP contribution in [0.3, 0.4) is 0 Å². The molecule has 8 heteroatoms. The van der Waals surface area contributed by atoms with Crippen LogP contribution in [0.2, 0.25) is 5.02 Å². The van der Waals surface area contributed by atoms with Gasteiger partial charge in [0.05, 0.1) is 25.3 Å². The molecule has 0 aromatic heterocycles. The van der Waals surface area contributed by atoms with Crippen molar-refractivity contribution in [1.29, 1.82) is 0 Å². The number of halogens is 2. The third-order valence-electron chi connectivity index (χ3n) is 4.44. The summed E-state index contributed by atoms with van der Waals surface area (Å²) in [4.78, 5) is 2.28. The second kappa shape index (κ2) is 10.7. The first-order valence-corrected chi connectivity index (χ1v) is 11.2. The smallest absolute Gasteiger partial charge is 0.146 e. The monoisotopic (exact) mass is 437 g/mol. The Morgan fingerprint density at radius 2 is 2.03 bits per heavy atom. The van der Waals surface area contributed by atoms with E-state index in [1.807, 2.05) is 6.07 Å². The first-order chi connectivity index (χ1) is 14.1. The lowest BCUT2D eigenvalue weighted by Gasteiger charge is -2.22. The maximum absolute atomic E-state index is 13.4. The molecule has 0 spiro atoms. The summed E-state index contributed by atoms with van der Waals surface area (Å²) < 4.78 is 23.7. The van der Waals surface area contributed by atoms with Crippen LogP contribution in [0.4, 0.5) is 10.1 Å². The van der Waals surface area contributed by atoms with Gasteiger partial charge in [-0.15, -0.1) is 0 Å². The third-order valence-corrected chi connectivity index (χ3v) is 6.18. The highest BCUT2D eigenvalue weighted by atomic mass is 35.5. The van der Waals surface area contributed by atoms with Crippen LogP contribution in [0.5, 0.6) is 5.75 Å². The zero-order chi connectivity index (χ0) is 20.6. The van der Waals surface area contributed by atoms with Gasteiger partial charge in [0.25, 0.3) is 0 Å². The Morgan fingerprint density at radius 3 is 2.76 bits per heavy atom. The summed E-state index contributed by atoms with van der Waals surface area (Å²) in [6.45, 7) is 2.40. The predicted molar refractivity (Wildman–Crippen MR) is 118 cm³/mol. The molecule has 1 aliphatic heterocycles. The summed E-state index contributed by atoms with van der Waals surface area (Å²) in [5.74, 6) is 1.16. The van der Waals surface area contributed by atoms with Crippen LogP contribution in [-0.2, 0) is 10.7 Å². The molecule has 2 aromatic carbocycles. The van der Waals surface area contributed by atoms with E-state index in [-0.39, 0.29) is 23.1 Å². The van der Waals surface area contributed by atoms with Crippen molar-refractivity contribution in [2.75, 3.05) is 39.2 Å². The number of benzene rings is 2. The Kier molecular flexibility index (Phi) is 8.06. The van der Waals surface area contributed by atoms with Crippen molar-refractivity contribution in [3.05, 3.63) is 64.3 Å². The SMILES string of the molecule is COc1cc(Cl)ccc1N=S1C=C(c2ccc(F)cc2)N(CCCNCCO)C1. The molecule has 156 valence electrons. The van der Waals surface area contributed by atoms with Gasteiger partial charge in [-0.25, -0.2) is 8.75 Å². The molecule has 0 amide bonds. The van der Waals surface area contributed by atoms with E-state index in [1.165, 1.54) is 12.1 Å². The highest BCUT2D eigenvalue weighted by molar-refractivity contribution is 7.90. The van der Waals surface area contributed by atoms with Crippen LogP contribution >= 0.6 is 11.6 Å². The van der Waals surface area contributed by atoms with Crippen molar-refractivity contribution in [1.82, 2.24) is 10.2 Å². The number of nitrogens with zero attached hydrogens (tertiary/aromatic N) is 2. The van der Waals surface area contributed by atoms with E-state index in [2.05, 4.69) is 15.6 Å². The summed E-state index contributed by atoms with van der Waals surface area (Å²) >= 11 is 6.05. The van der Waals surface area contributed by atoms with E-state index in [4.69, 9.17) is 25.8 Å². The van der Waals surface area contributed by atoms with E-state index in [9.17, 15) is 4.39 Å². The lowest BCUT2D eigenvalue weighted by Crippen LogP contribution is -2.26. The molecule has 0 fully saturated rings. The number of rotatable bonds is 9. The molecular weight excluding hydrogens is 413 g/mol. The van der Waals surface area contributed by atoms with Crippen molar-refractivity contribution in [2.24, 2.45) is 4.36 Å². The van der Waals surface area contributed by atoms with Gasteiger partial charge in [-0.2, -0.15) is 0 Å². The molecule has 0 saturated carbocycles. The number of hydrogen-bond acceptors (Lipinski definition) is 5. The largest absolute Gasteiger partial charge is 0.494 e. The highest BCUT2D eigenvalue weighted by Crippen LogP contribution is 2.34. The number of ether oxygens (including phenoxy) is 1. The van der Waals surface area contributed by atoms with Gasteiger partial charge < -0.3 is 20.1 Å². The van der Waals surface area contributed by atoms with Crippen LogP contribution in [0, 0.1) is 5.82 Å². The third kappa shape index (κ3) is 6.02. The average Bonchev–Trinajstić information content (AvgIpc) is 3.12. The standard InChI is InChI=1S/C21H25ClFN3O2S/c1-28-21-13-17(22)5-8-19(21)25-29-14-20(16-3-6-18(23)7-4-16)26(15-29)11-2-9-24-10-12-27/h3-8,13-14,24,27H,2,9-12,15H2,1H3. The van der Waals surface area contributed by atoms with Crippen LogP contribution < -0.4 is 10.1 Å². The van der Waals surface area contributed by atoms with Crippen molar-refractivity contribution < 1.29 is 14.2 Å². The number of nitrogens with one attached hydrogen (secondary N) is 1. The van der Waals surface area contributed by atoms with E-state index in [0.29, 0.717) is 17.3 Å². The van der Waals surface area contributed by atoms with Gasteiger partial charge in [-0.05, 0) is 65.6 Å². The molecule has 2 aromatic rings. The molecular formula is C21H25ClFN3O2S. The summed E-state index contributed by atoms with van der Waals surface area (Å²) in [5, 5.41) is 14.8. The van der Waals surface area contributed by atoms with Gasteiger partial charge in [0.1, 0.15) is 17.3 Å². The second-order valence-corrected chi connectivity index (χ2v) is 8.45. The minimum Gasteiger partial charge on any atom is -0.494 e. The molecule has 0 saturated heterocycles. The minimum atomic E-state index is -0.360. The Hall–Kier alpha value is -1.93. The molecule has 1 aliphatic rings. The van der Waals surface area contributed by atoms with Crippen LogP contribution in [-0.4, -0.2) is 49.2 Å². The number of aliphatic hydroxyl groups is 1. The quantitative estimate of drug-likeness (QED) is 0.578. The van der Waals surface area contributed by atoms with Crippen molar-refractivity contribution in [2.45, 2.75) is 6.42 Å². The van der Waals surface area contributed by atoms with E-state index in [1.54, 1.807) is 31.4 Å². The van der Waals surface area contributed by atoms with E-state index in [0.717, 1.165) is 42.3 Å². The summed E-state index contributed by atoms with van der Waals surface area (Å²) in [5.41, 5.74) is 2.80. The fraction of sp³-hybridized carbons (Fsp3) is 0.333. The lowest BCUT2D eigenvalue weighted by atomic mass is 10.1. The molecule has 1 atom stereocenters. The zero-order valence-corrected chi connectivity index (χ0v) is 17.8. The molecule has 5 nitrogen and oxygen atoms in total. The van der Waals surface area contributed by atoms with Crippen molar-refractivity contribution in [3.8, 4) is 5.75 Å². The van der Waals surface area contributed by atoms with Gasteiger partial charge in [0, 0.05) is 29.6 Å². The number of aliphatic hydroxyl groups excluding tert-OH is 1. The van der Waals surface area contributed by atoms with Crippen LogP contribution in [0.25, 0.3) is 5.70 Å². The normalized spacial score (nSPS) is 16.3. The Balaban J connectivity index is 1.82. The molecule has 2 N–H and O–H groups in total. The second-order valence-electron chi connectivity index (χ2n) is 6.54. The van der Waals surface area contributed by atoms with Gasteiger partial charge in [0.2, 0.25) is 0 Å². The molecule has 0 radical (unpaired) electrons. The maximum Gasteiger partial charge on any atom is 0.146 e. The Bertz CT molecular complexity index is 890. The number of hydrogen-bond donors (Lipinski definition) is 2. The zero-order valence-electron chi connectivity index (χ0n) is 16.3. The van der Waals surface area contributed by atoms with Gasteiger partial charge >= 0.3 is 0 Å². The average molecular weight is 438 g/mol. The van der Waals surface area contributed by atoms with Crippen molar-refractivity contribution in [3.63, 3.8) is 0 Å². The molecule has 0 bridgehead atoms. The molecule has 3 rings (SSSR count). The van der Waals surface area contributed by atoms with Crippen LogP contribution in [0.1, 0.15) is 12.0 Å². The first-order valence-electron chi connectivity index (χ1n) is 9.40. The lowest BCUT2D eigenvalue weighted by molar-refractivity contribution is 0.291. The number of methoxy groups -OCH3 is 1. The minimum absolute atomic E-state index is 0.135. The molecule has 0 aliphatic carbocycles. The summed E-state index contributed by atoms with van der Waals surface area (Å²) in [7, 11) is 1.25. The van der Waals surface area contributed by atoms with E-state index < -0.39 is 0 Å². The molecule has 1 unspecified atom stereocenters. The molecule has 29 heavy (non-hydrogen) atoms. The Labute approximate surface area is 178 Å².